The number of amides is 1. The van der Waals surface area contributed by atoms with Crippen LogP contribution in [0.4, 0.5) is 10.7 Å². The number of likely N-dealkylation sites (tertiary alicyclic amines) is 2. The van der Waals surface area contributed by atoms with E-state index in [4.69, 9.17) is 9.72 Å². The Kier molecular flexibility index (Phi) is 9.15. The number of fused-ring (bicyclic) bond motifs is 1. The predicted octanol–water partition coefficient (Wildman–Crippen LogP) is 6.48. The van der Waals surface area contributed by atoms with Crippen LogP contribution < -0.4 is 5.32 Å². The Balaban J connectivity index is 1.08. The van der Waals surface area contributed by atoms with Gasteiger partial charge in [0, 0.05) is 55.6 Å². The average molecular weight is 603 g/mol. The number of rotatable bonds is 8. The summed E-state index contributed by atoms with van der Waals surface area (Å²) < 4.78 is 7.86. The molecule has 6 rings (SSSR count). The number of aliphatic hydroxyl groups excluding tert-OH is 1. The second kappa shape index (κ2) is 13.1. The fourth-order valence-electron chi connectivity index (χ4n) is 7.11. The monoisotopic (exact) mass is 602 g/mol. The summed E-state index contributed by atoms with van der Waals surface area (Å²) in [5, 5.41) is 14.5. The fraction of sp³-hybridized carbons (Fsp3) is 0.629. The first kappa shape index (κ1) is 30.8. The average Bonchev–Trinajstić information content (AvgIpc) is 3.35. The zero-order chi connectivity index (χ0) is 30.8. The van der Waals surface area contributed by atoms with Crippen molar-refractivity contribution in [1.82, 2.24) is 24.3 Å². The lowest BCUT2D eigenvalue weighted by atomic mass is 9.80. The van der Waals surface area contributed by atoms with Crippen molar-refractivity contribution in [3.8, 4) is 11.1 Å². The second-order valence-electron chi connectivity index (χ2n) is 14.2. The van der Waals surface area contributed by atoms with Gasteiger partial charge >= 0.3 is 6.09 Å². The topological polar surface area (TPSA) is 95.8 Å². The third kappa shape index (κ3) is 7.04. The van der Waals surface area contributed by atoms with E-state index in [1.165, 1.54) is 29.5 Å². The van der Waals surface area contributed by atoms with Crippen molar-refractivity contribution in [1.29, 1.82) is 0 Å². The van der Waals surface area contributed by atoms with Gasteiger partial charge in [0.25, 0.3) is 0 Å². The van der Waals surface area contributed by atoms with Crippen LogP contribution in [0.5, 0.6) is 0 Å². The van der Waals surface area contributed by atoms with E-state index in [1.54, 1.807) is 0 Å². The summed E-state index contributed by atoms with van der Waals surface area (Å²) >= 11 is 0. The van der Waals surface area contributed by atoms with Crippen molar-refractivity contribution >= 4 is 23.1 Å². The zero-order valence-corrected chi connectivity index (χ0v) is 27.0. The van der Waals surface area contributed by atoms with Gasteiger partial charge in [0.15, 0.2) is 0 Å². The first-order chi connectivity index (χ1) is 21.2. The predicted molar refractivity (Wildman–Crippen MR) is 175 cm³/mol. The quantitative estimate of drug-likeness (QED) is 0.305. The third-order valence-electron chi connectivity index (χ3n) is 9.70. The zero-order valence-electron chi connectivity index (χ0n) is 27.0. The number of hydrogen-bond donors (Lipinski definition) is 2. The van der Waals surface area contributed by atoms with E-state index in [-0.39, 0.29) is 12.2 Å². The Morgan fingerprint density at radius 1 is 1.02 bits per heavy atom. The Morgan fingerprint density at radius 3 is 2.39 bits per heavy atom. The highest BCUT2D eigenvalue weighted by atomic mass is 16.6. The van der Waals surface area contributed by atoms with Crippen LogP contribution in [0.2, 0.25) is 0 Å². The molecule has 0 unspecified atom stereocenters. The van der Waals surface area contributed by atoms with Crippen LogP contribution in [-0.4, -0.2) is 80.0 Å². The molecule has 9 nitrogen and oxygen atoms in total. The van der Waals surface area contributed by atoms with Gasteiger partial charge in [-0.1, -0.05) is 31.2 Å². The van der Waals surface area contributed by atoms with E-state index in [0.29, 0.717) is 23.8 Å². The molecule has 2 saturated heterocycles. The summed E-state index contributed by atoms with van der Waals surface area (Å²) in [4.78, 5) is 26.3. The van der Waals surface area contributed by atoms with E-state index < -0.39 is 5.60 Å². The smallest absolute Gasteiger partial charge is 0.410 e. The maximum absolute atomic E-state index is 12.3. The molecule has 2 aliphatic heterocycles. The molecule has 0 spiro atoms. The minimum absolute atomic E-state index is 0.172. The van der Waals surface area contributed by atoms with Crippen molar-refractivity contribution in [2.45, 2.75) is 96.9 Å². The molecule has 1 aromatic carbocycles. The largest absolute Gasteiger partial charge is 0.444 e. The van der Waals surface area contributed by atoms with Crippen LogP contribution in [0, 0.1) is 11.8 Å². The summed E-state index contributed by atoms with van der Waals surface area (Å²) in [6, 6.07) is 9.36. The lowest BCUT2D eigenvalue weighted by Gasteiger charge is -2.46. The first-order valence-corrected chi connectivity index (χ1v) is 16.8. The molecule has 238 valence electrons. The highest BCUT2D eigenvalue weighted by Gasteiger charge is 2.39. The van der Waals surface area contributed by atoms with Gasteiger partial charge < -0.3 is 24.6 Å². The summed E-state index contributed by atoms with van der Waals surface area (Å²) in [7, 11) is 0. The molecule has 1 saturated carbocycles. The number of piperidine rings is 1. The van der Waals surface area contributed by atoms with Crippen molar-refractivity contribution in [2.24, 2.45) is 11.8 Å². The molecule has 1 amide bonds. The number of benzene rings is 1. The maximum Gasteiger partial charge on any atom is 0.410 e. The van der Waals surface area contributed by atoms with Gasteiger partial charge in [0.1, 0.15) is 11.2 Å². The molecule has 2 N–H and O–H groups in total. The number of hydrogen-bond acceptors (Lipinski definition) is 7. The Hall–Kier alpha value is -3.17. The number of carbonyl (C=O) groups excluding carboxylic acids is 1. The standard InChI is InChI=1S/C35H50N6O3/c1-5-16-36-33-37-19-30-31(23-41(32(30)38-33)28-10-12-29(42)13-11-28)26-8-6-24(7-9-26)20-39-17-14-25(15-18-39)27-21-40(22-27)34(43)44-35(2,3)4/h6-9,19,23,25,27-29,42H,5,10-18,20-22H2,1-4H3,(H,36,37,38). The number of ether oxygens (including phenoxy) is 1. The molecule has 3 fully saturated rings. The number of aliphatic hydroxyl groups is 1. The molecule has 1 aliphatic carbocycles. The number of aromatic nitrogens is 3. The number of nitrogens with zero attached hydrogens (tertiary/aromatic N) is 5. The molecule has 2 aromatic heterocycles. The molecular weight excluding hydrogens is 552 g/mol. The van der Waals surface area contributed by atoms with E-state index in [2.05, 4.69) is 57.2 Å². The van der Waals surface area contributed by atoms with E-state index >= 15 is 0 Å². The SMILES string of the molecule is CCCNc1ncc2c(-c3ccc(CN4CCC(C5CN(C(=O)OC(C)(C)C)C5)CC4)cc3)cn(C3CCC(O)CC3)c2n1. The van der Waals surface area contributed by atoms with Crippen molar-refractivity contribution in [3.63, 3.8) is 0 Å². The van der Waals surface area contributed by atoms with Gasteiger partial charge in [-0.05, 0) is 102 Å². The Bertz CT molecular complexity index is 1410. The Labute approximate surface area is 262 Å². The van der Waals surface area contributed by atoms with Crippen molar-refractivity contribution in [2.75, 3.05) is 38.0 Å². The van der Waals surface area contributed by atoms with Gasteiger partial charge in [0.2, 0.25) is 5.95 Å². The van der Waals surface area contributed by atoms with Crippen molar-refractivity contribution in [3.05, 3.63) is 42.2 Å². The second-order valence-corrected chi connectivity index (χ2v) is 14.2. The molecule has 3 aliphatic rings. The summed E-state index contributed by atoms with van der Waals surface area (Å²) in [5.41, 5.74) is 4.22. The number of carbonyl (C=O) groups is 1. The molecule has 0 atom stereocenters. The molecule has 3 aromatic rings. The normalized spacial score (nSPS) is 22.2. The highest BCUT2D eigenvalue weighted by molar-refractivity contribution is 5.94. The van der Waals surface area contributed by atoms with Gasteiger partial charge in [-0.15, -0.1) is 0 Å². The molecular formula is C35H50N6O3. The van der Waals surface area contributed by atoms with Crippen LogP contribution in [0.1, 0.15) is 84.2 Å². The van der Waals surface area contributed by atoms with Crippen molar-refractivity contribution < 1.29 is 14.6 Å². The van der Waals surface area contributed by atoms with Gasteiger partial charge in [-0.2, -0.15) is 4.98 Å². The molecule has 4 heterocycles. The molecule has 44 heavy (non-hydrogen) atoms. The number of nitrogens with one attached hydrogen (secondary N) is 1. The lowest BCUT2D eigenvalue weighted by Crippen LogP contribution is -2.55. The van der Waals surface area contributed by atoms with Crippen LogP contribution in [0.3, 0.4) is 0 Å². The van der Waals surface area contributed by atoms with Crippen LogP contribution in [0.25, 0.3) is 22.2 Å². The fourth-order valence-corrected chi connectivity index (χ4v) is 7.11. The summed E-state index contributed by atoms with van der Waals surface area (Å²) in [5.74, 6) is 1.97. The van der Waals surface area contributed by atoms with Crippen LogP contribution >= 0.6 is 0 Å². The Morgan fingerprint density at radius 2 is 1.73 bits per heavy atom. The van der Waals surface area contributed by atoms with E-state index in [1.807, 2.05) is 31.9 Å². The van der Waals surface area contributed by atoms with E-state index in [0.717, 1.165) is 82.4 Å². The lowest BCUT2D eigenvalue weighted by molar-refractivity contribution is -0.0181. The van der Waals surface area contributed by atoms with Crippen LogP contribution in [-0.2, 0) is 11.3 Å². The highest BCUT2D eigenvalue weighted by Crippen LogP contribution is 2.37. The van der Waals surface area contributed by atoms with Crippen LogP contribution in [0.15, 0.2) is 36.7 Å². The van der Waals surface area contributed by atoms with Gasteiger partial charge in [-0.25, -0.2) is 9.78 Å². The molecule has 0 radical (unpaired) electrons. The summed E-state index contributed by atoms with van der Waals surface area (Å²) in [6.45, 7) is 13.6. The van der Waals surface area contributed by atoms with E-state index in [9.17, 15) is 9.90 Å². The summed E-state index contributed by atoms with van der Waals surface area (Å²) in [6.07, 6.45) is 10.9. The number of anilines is 1. The maximum atomic E-state index is 12.3. The minimum Gasteiger partial charge on any atom is -0.444 e. The van der Waals surface area contributed by atoms with Gasteiger partial charge in [0.05, 0.1) is 6.10 Å². The minimum atomic E-state index is -0.436. The molecule has 9 heteroatoms. The molecule has 0 bridgehead atoms. The third-order valence-corrected chi connectivity index (χ3v) is 9.70. The van der Waals surface area contributed by atoms with Gasteiger partial charge in [-0.3, -0.25) is 4.90 Å². The first-order valence-electron chi connectivity index (χ1n) is 16.8.